The average molecular weight is 176 g/mol. The van der Waals surface area contributed by atoms with Crippen molar-refractivity contribution < 1.29 is 9.90 Å². The van der Waals surface area contributed by atoms with Gasteiger partial charge in [-0.2, -0.15) is 0 Å². The molecule has 1 aromatic carbocycles. The fourth-order valence-electron chi connectivity index (χ4n) is 1.58. The number of phenolic OH excluding ortho intramolecular Hbond substituents is 1. The van der Waals surface area contributed by atoms with Gasteiger partial charge in [0.15, 0.2) is 6.29 Å². The predicted molar refractivity (Wildman–Crippen MR) is 50.2 cm³/mol. The van der Waals surface area contributed by atoms with Gasteiger partial charge in [0.1, 0.15) is 5.75 Å². The Morgan fingerprint density at radius 1 is 1.46 bits per heavy atom. The third-order valence-electron chi connectivity index (χ3n) is 2.53. The molecule has 0 radical (unpaired) electrons. The predicted octanol–water partition coefficient (Wildman–Crippen LogP) is 2.39. The molecule has 1 aliphatic rings. The first-order valence-electron chi connectivity index (χ1n) is 4.51. The van der Waals surface area contributed by atoms with Crippen LogP contribution >= 0.6 is 0 Å². The van der Waals surface area contributed by atoms with Crippen LogP contribution in [0.15, 0.2) is 12.1 Å². The molecule has 68 valence electrons. The summed E-state index contributed by atoms with van der Waals surface area (Å²) in [5, 5.41) is 9.49. The molecule has 13 heavy (non-hydrogen) atoms. The van der Waals surface area contributed by atoms with Crippen LogP contribution in [0.5, 0.6) is 5.75 Å². The van der Waals surface area contributed by atoms with Gasteiger partial charge in [0, 0.05) is 0 Å². The summed E-state index contributed by atoms with van der Waals surface area (Å²) in [6.07, 6.45) is 3.14. The number of hydrogen-bond acceptors (Lipinski definition) is 2. The van der Waals surface area contributed by atoms with Gasteiger partial charge >= 0.3 is 0 Å². The van der Waals surface area contributed by atoms with E-state index >= 15 is 0 Å². The number of carbonyl (C=O) groups excluding carboxylic acids is 1. The lowest BCUT2D eigenvalue weighted by molar-refractivity contribution is 0.112. The van der Waals surface area contributed by atoms with Crippen LogP contribution in [-0.4, -0.2) is 11.4 Å². The third kappa shape index (κ3) is 1.44. The second-order valence-corrected chi connectivity index (χ2v) is 3.67. The fourth-order valence-corrected chi connectivity index (χ4v) is 1.58. The Morgan fingerprint density at radius 2 is 2.15 bits per heavy atom. The molecule has 2 heteroatoms. The summed E-state index contributed by atoms with van der Waals surface area (Å²) < 4.78 is 0. The lowest BCUT2D eigenvalue weighted by atomic mass is 10.0. The highest BCUT2D eigenvalue weighted by Crippen LogP contribution is 2.41. The van der Waals surface area contributed by atoms with Crippen molar-refractivity contribution in [3.8, 4) is 5.75 Å². The molecule has 0 saturated heterocycles. The molecule has 1 N–H and O–H groups in total. The van der Waals surface area contributed by atoms with Crippen molar-refractivity contribution in [2.24, 2.45) is 0 Å². The molecule has 1 fully saturated rings. The van der Waals surface area contributed by atoms with Crippen molar-refractivity contribution in [3.63, 3.8) is 0 Å². The van der Waals surface area contributed by atoms with Crippen molar-refractivity contribution in [1.29, 1.82) is 0 Å². The van der Waals surface area contributed by atoms with E-state index in [-0.39, 0.29) is 5.75 Å². The zero-order valence-electron chi connectivity index (χ0n) is 7.58. The monoisotopic (exact) mass is 176 g/mol. The van der Waals surface area contributed by atoms with Gasteiger partial charge in [0.2, 0.25) is 0 Å². The molecular weight excluding hydrogens is 164 g/mol. The van der Waals surface area contributed by atoms with Crippen LogP contribution in [0, 0.1) is 6.92 Å². The van der Waals surface area contributed by atoms with Crippen molar-refractivity contribution in [2.75, 3.05) is 0 Å². The van der Waals surface area contributed by atoms with E-state index in [1.807, 2.05) is 13.0 Å². The number of carbonyl (C=O) groups is 1. The molecule has 0 heterocycles. The maximum Gasteiger partial charge on any atom is 0.153 e. The van der Waals surface area contributed by atoms with Crippen LogP contribution in [0.1, 0.15) is 40.2 Å². The number of benzene rings is 1. The van der Waals surface area contributed by atoms with E-state index in [1.165, 1.54) is 18.4 Å². The number of hydrogen-bond donors (Lipinski definition) is 1. The van der Waals surface area contributed by atoms with Gasteiger partial charge in [0.05, 0.1) is 5.56 Å². The number of aryl methyl sites for hydroxylation is 1. The zero-order valence-corrected chi connectivity index (χ0v) is 7.58. The molecule has 2 nitrogen and oxygen atoms in total. The maximum atomic E-state index is 10.6. The van der Waals surface area contributed by atoms with Crippen molar-refractivity contribution >= 4 is 6.29 Å². The second kappa shape index (κ2) is 2.87. The largest absolute Gasteiger partial charge is 0.507 e. The van der Waals surface area contributed by atoms with Gasteiger partial charge in [0.25, 0.3) is 0 Å². The lowest BCUT2D eigenvalue weighted by Crippen LogP contribution is -1.89. The van der Waals surface area contributed by atoms with E-state index < -0.39 is 0 Å². The number of aldehydes is 1. The van der Waals surface area contributed by atoms with E-state index in [2.05, 4.69) is 0 Å². The molecular formula is C11H12O2. The minimum Gasteiger partial charge on any atom is -0.507 e. The molecule has 2 rings (SSSR count). The van der Waals surface area contributed by atoms with Crippen LogP contribution < -0.4 is 0 Å². The van der Waals surface area contributed by atoms with E-state index in [1.54, 1.807) is 6.07 Å². The number of rotatable bonds is 2. The van der Waals surface area contributed by atoms with Gasteiger partial charge in [-0.3, -0.25) is 4.79 Å². The van der Waals surface area contributed by atoms with Gasteiger partial charge in [-0.15, -0.1) is 0 Å². The van der Waals surface area contributed by atoms with Gasteiger partial charge in [-0.25, -0.2) is 0 Å². The first-order chi connectivity index (χ1) is 6.22. The normalized spacial score (nSPS) is 15.8. The van der Waals surface area contributed by atoms with Crippen molar-refractivity contribution in [2.45, 2.75) is 25.7 Å². The molecule has 0 atom stereocenters. The van der Waals surface area contributed by atoms with Crippen molar-refractivity contribution in [3.05, 3.63) is 28.8 Å². The molecule has 0 bridgehead atoms. The first-order valence-corrected chi connectivity index (χ1v) is 4.51. The second-order valence-electron chi connectivity index (χ2n) is 3.67. The summed E-state index contributed by atoms with van der Waals surface area (Å²) >= 11 is 0. The van der Waals surface area contributed by atoms with Gasteiger partial charge < -0.3 is 5.11 Å². The van der Waals surface area contributed by atoms with E-state index in [4.69, 9.17) is 0 Å². The minimum absolute atomic E-state index is 0.124. The van der Waals surface area contributed by atoms with E-state index in [9.17, 15) is 9.90 Å². The minimum atomic E-state index is 0.124. The third-order valence-corrected chi connectivity index (χ3v) is 2.53. The van der Waals surface area contributed by atoms with Gasteiger partial charge in [-0.05, 0) is 42.9 Å². The van der Waals surface area contributed by atoms with E-state index in [0.717, 1.165) is 5.56 Å². The summed E-state index contributed by atoms with van der Waals surface area (Å²) in [4.78, 5) is 10.6. The average Bonchev–Trinajstić information content (AvgIpc) is 2.92. The molecule has 1 saturated carbocycles. The summed E-state index contributed by atoms with van der Waals surface area (Å²) in [5.74, 6) is 0.748. The zero-order chi connectivity index (χ0) is 9.42. The smallest absolute Gasteiger partial charge is 0.153 e. The standard InChI is InChI=1S/C11H12O2/c1-7-4-9(8-2-3-8)5-10(6-12)11(7)13/h4-6,8,13H,2-3H2,1H3. The molecule has 0 amide bonds. The Labute approximate surface area is 77.2 Å². The Morgan fingerprint density at radius 3 is 2.69 bits per heavy atom. The lowest BCUT2D eigenvalue weighted by Gasteiger charge is -2.05. The molecule has 0 spiro atoms. The molecule has 1 aromatic rings. The fraction of sp³-hybridized carbons (Fsp3) is 0.364. The Kier molecular flexibility index (Phi) is 1.83. The van der Waals surface area contributed by atoms with E-state index in [0.29, 0.717) is 17.8 Å². The van der Waals surface area contributed by atoms with Crippen molar-refractivity contribution in [1.82, 2.24) is 0 Å². The van der Waals surface area contributed by atoms with Crippen LogP contribution in [0.25, 0.3) is 0 Å². The first kappa shape index (κ1) is 8.30. The highest BCUT2D eigenvalue weighted by Gasteiger charge is 2.24. The van der Waals surface area contributed by atoms with Crippen LogP contribution in [0.2, 0.25) is 0 Å². The Bertz CT molecular complexity index is 351. The highest BCUT2D eigenvalue weighted by atomic mass is 16.3. The Hall–Kier alpha value is -1.31. The summed E-state index contributed by atoms with van der Waals surface area (Å²) in [5.41, 5.74) is 2.41. The Balaban J connectivity index is 2.49. The van der Waals surface area contributed by atoms with Crippen LogP contribution in [-0.2, 0) is 0 Å². The summed E-state index contributed by atoms with van der Waals surface area (Å²) in [6.45, 7) is 1.83. The highest BCUT2D eigenvalue weighted by molar-refractivity contribution is 5.80. The summed E-state index contributed by atoms with van der Waals surface area (Å²) in [7, 11) is 0. The van der Waals surface area contributed by atoms with Crippen LogP contribution in [0.3, 0.4) is 0 Å². The molecule has 0 aromatic heterocycles. The SMILES string of the molecule is Cc1cc(C2CC2)cc(C=O)c1O. The molecule has 1 aliphatic carbocycles. The summed E-state index contributed by atoms with van der Waals surface area (Å²) in [6, 6.07) is 3.77. The number of phenols is 1. The maximum absolute atomic E-state index is 10.6. The van der Waals surface area contributed by atoms with Crippen LogP contribution in [0.4, 0.5) is 0 Å². The number of aromatic hydroxyl groups is 1. The molecule has 0 unspecified atom stereocenters. The molecule has 0 aliphatic heterocycles. The quantitative estimate of drug-likeness (QED) is 0.702. The topological polar surface area (TPSA) is 37.3 Å². The van der Waals surface area contributed by atoms with Gasteiger partial charge in [-0.1, -0.05) is 6.07 Å².